The molecule has 2 atom stereocenters. The minimum Gasteiger partial charge on any atom is -0.415 e. The number of fused-ring (bicyclic) bond motifs is 5. The Bertz CT molecular complexity index is 1410. The number of nitrogens with one attached hydrogen (secondary N) is 1. The molecule has 0 saturated heterocycles. The lowest BCUT2D eigenvalue weighted by atomic mass is 9.96. The first-order valence-corrected chi connectivity index (χ1v) is 12.5. The lowest BCUT2D eigenvalue weighted by Gasteiger charge is -2.31. The average molecular weight is 586 g/mol. The van der Waals surface area contributed by atoms with Crippen molar-refractivity contribution in [3.05, 3.63) is 75.7 Å². The number of halogens is 6. The van der Waals surface area contributed by atoms with E-state index in [2.05, 4.69) is 20.5 Å². The number of anilines is 1. The van der Waals surface area contributed by atoms with Crippen LogP contribution in [0, 0.1) is 16.0 Å². The Balaban J connectivity index is 1.93. The number of alkyl halides is 6. The van der Waals surface area contributed by atoms with Gasteiger partial charge in [-0.2, -0.15) is 26.3 Å². The lowest BCUT2D eigenvalue weighted by molar-refractivity contribution is -0.384. The highest BCUT2D eigenvalue weighted by molar-refractivity contribution is 5.68. The van der Waals surface area contributed by atoms with Crippen molar-refractivity contribution >= 4 is 11.5 Å². The maximum atomic E-state index is 14.8. The van der Waals surface area contributed by atoms with E-state index in [0.29, 0.717) is 5.56 Å². The van der Waals surface area contributed by atoms with Crippen LogP contribution in [0.25, 0.3) is 11.6 Å². The smallest absolute Gasteiger partial charge is 0.415 e. The van der Waals surface area contributed by atoms with E-state index in [4.69, 9.17) is 9.15 Å². The van der Waals surface area contributed by atoms with E-state index in [1.165, 1.54) is 12.2 Å². The van der Waals surface area contributed by atoms with Gasteiger partial charge in [0.25, 0.3) is 11.8 Å². The highest BCUT2D eigenvalue weighted by Crippen LogP contribution is 2.47. The first kappa shape index (κ1) is 30.0. The molecule has 220 valence electrons. The van der Waals surface area contributed by atoms with Crippen molar-refractivity contribution in [2.75, 3.05) is 5.32 Å². The third-order valence-corrected chi connectivity index (χ3v) is 6.61. The number of hydrogen-bond acceptors (Lipinski definition) is 8. The Morgan fingerprint density at radius 2 is 1.85 bits per heavy atom. The van der Waals surface area contributed by atoms with E-state index in [1.807, 2.05) is 0 Å². The van der Waals surface area contributed by atoms with E-state index in [0.717, 1.165) is 0 Å². The second-order valence-electron chi connectivity index (χ2n) is 9.77. The van der Waals surface area contributed by atoms with Gasteiger partial charge in [0.2, 0.25) is 11.3 Å². The molecule has 41 heavy (non-hydrogen) atoms. The third kappa shape index (κ3) is 6.34. The summed E-state index contributed by atoms with van der Waals surface area (Å²) < 4.78 is 96.9. The fourth-order valence-electron chi connectivity index (χ4n) is 4.31. The molecule has 1 N–H and O–H groups in total. The molecule has 3 heterocycles. The lowest BCUT2D eigenvalue weighted by Crippen LogP contribution is -2.45. The van der Waals surface area contributed by atoms with Crippen LogP contribution in [0.5, 0.6) is 0 Å². The van der Waals surface area contributed by atoms with Crippen molar-refractivity contribution < 1.29 is 40.4 Å². The van der Waals surface area contributed by atoms with Gasteiger partial charge in [0, 0.05) is 18.5 Å². The van der Waals surface area contributed by atoms with E-state index in [-0.39, 0.29) is 24.8 Å². The summed E-state index contributed by atoms with van der Waals surface area (Å²) in [7, 11) is 0. The number of benzene rings is 1. The van der Waals surface area contributed by atoms with Crippen LogP contribution in [0.15, 0.2) is 53.0 Å². The predicted molar refractivity (Wildman–Crippen MR) is 133 cm³/mol. The largest absolute Gasteiger partial charge is 0.426 e. The van der Waals surface area contributed by atoms with Crippen LogP contribution in [-0.4, -0.2) is 32.3 Å². The van der Waals surface area contributed by atoms with E-state index in [1.54, 1.807) is 44.2 Å². The predicted octanol–water partition coefficient (Wildman–Crippen LogP) is 7.21. The van der Waals surface area contributed by atoms with Gasteiger partial charge < -0.3 is 14.5 Å². The molecule has 4 bridgehead atoms. The van der Waals surface area contributed by atoms with Crippen LogP contribution < -0.4 is 5.32 Å². The van der Waals surface area contributed by atoms with Gasteiger partial charge in [0.1, 0.15) is 11.4 Å². The van der Waals surface area contributed by atoms with Crippen LogP contribution in [0.4, 0.5) is 37.8 Å². The summed E-state index contributed by atoms with van der Waals surface area (Å²) in [6.07, 6.45) is -7.82. The van der Waals surface area contributed by atoms with Crippen molar-refractivity contribution in [2.24, 2.45) is 5.92 Å². The average Bonchev–Trinajstić information content (AvgIpc) is 3.38. The molecular formula is C26H25F6N5O4. The Labute approximate surface area is 229 Å². The summed E-state index contributed by atoms with van der Waals surface area (Å²) in [5.41, 5.74) is -6.17. The van der Waals surface area contributed by atoms with Crippen molar-refractivity contribution in [1.82, 2.24) is 15.2 Å². The fourth-order valence-corrected chi connectivity index (χ4v) is 4.31. The highest BCUT2D eigenvalue weighted by atomic mass is 19.4. The van der Waals surface area contributed by atoms with E-state index in [9.17, 15) is 36.5 Å². The Morgan fingerprint density at radius 3 is 2.46 bits per heavy atom. The van der Waals surface area contributed by atoms with Crippen LogP contribution in [0.1, 0.15) is 50.1 Å². The summed E-state index contributed by atoms with van der Waals surface area (Å²) >= 11 is 0. The first-order chi connectivity index (χ1) is 19.2. The number of nitro groups is 1. The molecule has 1 aliphatic heterocycles. The second-order valence-corrected chi connectivity index (χ2v) is 9.77. The molecule has 15 heteroatoms. The summed E-state index contributed by atoms with van der Waals surface area (Å²) in [5.74, 6) is -2.94. The van der Waals surface area contributed by atoms with Crippen molar-refractivity contribution in [1.29, 1.82) is 0 Å². The molecule has 0 amide bonds. The SMILES string of the molecule is CC(C)C1CCC=CC[C@](OCc2ccccc2)(C(F)(F)F)c2nnc(o2)-c2nc(c(C(F)(F)F)cc2[N+](=O)[O-])N1. The molecule has 0 saturated carbocycles. The number of pyridine rings is 1. The number of rotatable bonds is 5. The molecular weight excluding hydrogens is 560 g/mol. The van der Waals surface area contributed by atoms with Crippen LogP contribution in [0.2, 0.25) is 0 Å². The van der Waals surface area contributed by atoms with E-state index >= 15 is 0 Å². The number of ether oxygens (including phenoxy) is 1. The summed E-state index contributed by atoms with van der Waals surface area (Å²) in [5, 5.41) is 21.5. The standard InChI is InChI=1S/C26H25F6N5O4/c1-15(2)18-11-7-4-8-12-24(26(30,31)32,40-14-16-9-5-3-6-10-16)23-36-35-22(41-23)20-19(37(38)39)13-17(25(27,28)29)21(33-18)34-20/h3-6,8-10,13,15,18H,7,11-12,14H2,1-2H3,(H,33,34)/t18?,24-/m1/s1. The summed E-state index contributed by atoms with van der Waals surface area (Å²) in [6, 6.07) is 7.64. The van der Waals surface area contributed by atoms with Gasteiger partial charge >= 0.3 is 18.0 Å². The summed E-state index contributed by atoms with van der Waals surface area (Å²) in [6.45, 7) is 2.97. The third-order valence-electron chi connectivity index (χ3n) is 6.61. The number of aromatic nitrogens is 3. The Kier molecular flexibility index (Phi) is 8.38. The monoisotopic (exact) mass is 585 g/mol. The molecule has 9 nitrogen and oxygen atoms in total. The van der Waals surface area contributed by atoms with Crippen LogP contribution in [0.3, 0.4) is 0 Å². The van der Waals surface area contributed by atoms with Crippen molar-refractivity contribution in [3.8, 4) is 11.6 Å². The van der Waals surface area contributed by atoms with Gasteiger partial charge in [-0.25, -0.2) is 4.98 Å². The first-order valence-electron chi connectivity index (χ1n) is 12.5. The molecule has 0 radical (unpaired) electrons. The van der Waals surface area contributed by atoms with Gasteiger partial charge in [-0.15, -0.1) is 10.2 Å². The van der Waals surface area contributed by atoms with Gasteiger partial charge in [-0.3, -0.25) is 10.1 Å². The Hall–Kier alpha value is -4.01. The maximum Gasteiger partial charge on any atom is 0.426 e. The van der Waals surface area contributed by atoms with Crippen molar-refractivity contribution in [3.63, 3.8) is 0 Å². The molecule has 3 aromatic rings. The minimum absolute atomic E-state index is 0.193. The normalized spacial score (nSPS) is 20.0. The zero-order valence-corrected chi connectivity index (χ0v) is 21.8. The molecule has 0 fully saturated rings. The van der Waals surface area contributed by atoms with Gasteiger partial charge in [-0.1, -0.05) is 56.3 Å². The molecule has 4 rings (SSSR count). The zero-order valence-electron chi connectivity index (χ0n) is 21.8. The second kappa shape index (κ2) is 11.5. The molecule has 2 aromatic heterocycles. The van der Waals surface area contributed by atoms with Gasteiger partial charge in [-0.05, 0) is 24.3 Å². The quantitative estimate of drug-likeness (QED) is 0.145. The number of hydrogen-bond donors (Lipinski definition) is 1. The van der Waals surface area contributed by atoms with Gasteiger partial charge in [0.15, 0.2) is 0 Å². The van der Waals surface area contributed by atoms with Crippen LogP contribution in [-0.2, 0) is 23.1 Å². The number of allylic oxidation sites excluding steroid dienone is 1. The molecule has 0 aliphatic carbocycles. The topological polar surface area (TPSA) is 116 Å². The van der Waals surface area contributed by atoms with Gasteiger partial charge in [0.05, 0.1) is 11.5 Å². The Morgan fingerprint density at radius 1 is 1.15 bits per heavy atom. The minimum atomic E-state index is -5.11. The molecule has 1 aliphatic rings. The van der Waals surface area contributed by atoms with E-state index < -0.39 is 76.5 Å². The van der Waals surface area contributed by atoms with Crippen LogP contribution >= 0.6 is 0 Å². The maximum absolute atomic E-state index is 14.8. The highest BCUT2D eigenvalue weighted by Gasteiger charge is 2.61. The van der Waals surface area contributed by atoms with Crippen molar-refractivity contribution in [2.45, 2.75) is 63.7 Å². The zero-order chi connectivity index (χ0) is 30.0. The molecule has 1 unspecified atom stereocenters. The molecule has 1 aromatic carbocycles. The molecule has 0 spiro atoms. The summed E-state index contributed by atoms with van der Waals surface area (Å²) in [4.78, 5) is 14.4. The number of nitrogens with zero attached hydrogens (tertiary/aromatic N) is 4. The fraction of sp³-hybridized carbons (Fsp3) is 0.423.